The maximum Gasteiger partial charge on any atom is 0.225 e. The van der Waals surface area contributed by atoms with Crippen molar-refractivity contribution in [2.75, 3.05) is 37.8 Å². The van der Waals surface area contributed by atoms with Gasteiger partial charge in [0.05, 0.1) is 23.5 Å². The molecule has 0 aliphatic rings. The zero-order valence-electron chi connectivity index (χ0n) is 12.2. The van der Waals surface area contributed by atoms with E-state index in [1.165, 1.54) is 7.11 Å². The normalized spacial score (nSPS) is 10.7. The van der Waals surface area contributed by atoms with Crippen LogP contribution in [0.25, 0.3) is 0 Å². The van der Waals surface area contributed by atoms with Crippen molar-refractivity contribution in [2.45, 2.75) is 20.3 Å². The number of nitrogen functional groups attached to an aromatic ring is 1. The molecule has 0 radical (unpaired) electrons. The van der Waals surface area contributed by atoms with Crippen LogP contribution in [0.1, 0.15) is 20.3 Å². The van der Waals surface area contributed by atoms with Crippen molar-refractivity contribution in [3.8, 4) is 5.75 Å². The van der Waals surface area contributed by atoms with Crippen LogP contribution in [0.2, 0.25) is 5.02 Å². The first-order valence-electron chi connectivity index (χ1n) is 6.67. The Morgan fingerprint density at radius 3 is 2.60 bits per heavy atom. The standard InChI is InChI=1S/C14H22ClN3O2/c1-4-18(5-2)7-6-14(19)17-12-8-10(15)11(16)9-13(12)20-3/h8-9H,4-7,16H2,1-3H3,(H,17,19). The Balaban J connectivity index is 2.68. The number of carbonyl (C=O) groups is 1. The summed E-state index contributed by atoms with van der Waals surface area (Å²) in [6.45, 7) is 6.74. The average Bonchev–Trinajstić information content (AvgIpc) is 2.43. The van der Waals surface area contributed by atoms with Gasteiger partial charge in [-0.15, -0.1) is 0 Å². The first kappa shape index (κ1) is 16.6. The maximum absolute atomic E-state index is 11.9. The van der Waals surface area contributed by atoms with E-state index in [0.717, 1.165) is 19.6 Å². The molecule has 0 fully saturated rings. The molecule has 0 saturated carbocycles. The van der Waals surface area contributed by atoms with Gasteiger partial charge >= 0.3 is 0 Å². The number of nitrogens with one attached hydrogen (secondary N) is 1. The Morgan fingerprint density at radius 2 is 2.05 bits per heavy atom. The summed E-state index contributed by atoms with van der Waals surface area (Å²) in [7, 11) is 1.52. The zero-order chi connectivity index (χ0) is 15.1. The molecule has 0 spiro atoms. The highest BCUT2D eigenvalue weighted by Gasteiger charge is 2.11. The van der Waals surface area contributed by atoms with E-state index in [-0.39, 0.29) is 5.91 Å². The maximum atomic E-state index is 11.9. The first-order valence-corrected chi connectivity index (χ1v) is 7.04. The summed E-state index contributed by atoms with van der Waals surface area (Å²) in [6, 6.07) is 3.20. The third-order valence-corrected chi connectivity index (χ3v) is 3.47. The number of rotatable bonds is 7. The summed E-state index contributed by atoms with van der Waals surface area (Å²) >= 11 is 5.96. The summed E-state index contributed by atoms with van der Waals surface area (Å²) in [4.78, 5) is 14.1. The Hall–Kier alpha value is -1.46. The highest BCUT2D eigenvalue weighted by molar-refractivity contribution is 6.33. The van der Waals surface area contributed by atoms with Gasteiger partial charge in [0.25, 0.3) is 0 Å². The lowest BCUT2D eigenvalue weighted by molar-refractivity contribution is -0.116. The summed E-state index contributed by atoms with van der Waals surface area (Å²) < 4.78 is 5.19. The van der Waals surface area contributed by atoms with Crippen LogP contribution in [-0.2, 0) is 4.79 Å². The smallest absolute Gasteiger partial charge is 0.225 e. The van der Waals surface area contributed by atoms with Crippen LogP contribution in [0, 0.1) is 0 Å². The van der Waals surface area contributed by atoms with Crippen molar-refractivity contribution >= 4 is 28.9 Å². The Kier molecular flexibility index (Phi) is 6.61. The summed E-state index contributed by atoms with van der Waals surface area (Å²) in [5.74, 6) is 0.430. The molecule has 0 aromatic heterocycles. The van der Waals surface area contributed by atoms with Gasteiger partial charge in [-0.2, -0.15) is 0 Å². The second-order valence-corrected chi connectivity index (χ2v) is 4.81. The molecule has 1 amide bonds. The topological polar surface area (TPSA) is 67.6 Å². The van der Waals surface area contributed by atoms with E-state index in [1.54, 1.807) is 12.1 Å². The molecule has 0 aliphatic heterocycles. The molecule has 0 atom stereocenters. The molecule has 6 heteroatoms. The molecule has 1 aromatic rings. The molecule has 20 heavy (non-hydrogen) atoms. The van der Waals surface area contributed by atoms with Crippen LogP contribution in [0.5, 0.6) is 5.75 Å². The molecule has 1 rings (SSSR count). The minimum atomic E-state index is -0.0731. The van der Waals surface area contributed by atoms with Crippen molar-refractivity contribution in [1.29, 1.82) is 0 Å². The number of anilines is 2. The second kappa shape index (κ2) is 7.97. The number of benzene rings is 1. The molecule has 0 unspecified atom stereocenters. The van der Waals surface area contributed by atoms with Crippen LogP contribution < -0.4 is 15.8 Å². The Morgan fingerprint density at radius 1 is 1.40 bits per heavy atom. The van der Waals surface area contributed by atoms with Gasteiger partial charge in [0.15, 0.2) is 0 Å². The number of hydrogen-bond acceptors (Lipinski definition) is 4. The van der Waals surface area contributed by atoms with Crippen LogP contribution >= 0.6 is 11.6 Å². The lowest BCUT2D eigenvalue weighted by Crippen LogP contribution is -2.27. The van der Waals surface area contributed by atoms with Gasteiger partial charge < -0.3 is 20.7 Å². The number of amides is 1. The summed E-state index contributed by atoms with van der Waals surface area (Å²) in [5.41, 5.74) is 6.66. The van der Waals surface area contributed by atoms with E-state index in [9.17, 15) is 4.79 Å². The van der Waals surface area contributed by atoms with E-state index in [1.807, 2.05) is 0 Å². The van der Waals surface area contributed by atoms with E-state index in [0.29, 0.717) is 28.6 Å². The number of carbonyl (C=O) groups excluding carboxylic acids is 1. The highest BCUT2D eigenvalue weighted by atomic mass is 35.5. The Bertz CT molecular complexity index is 462. The largest absolute Gasteiger partial charge is 0.494 e. The van der Waals surface area contributed by atoms with Crippen LogP contribution in [0.15, 0.2) is 12.1 Å². The fourth-order valence-corrected chi connectivity index (χ4v) is 2.01. The van der Waals surface area contributed by atoms with Gasteiger partial charge in [0.2, 0.25) is 5.91 Å². The van der Waals surface area contributed by atoms with Gasteiger partial charge in [-0.05, 0) is 19.2 Å². The molecular weight excluding hydrogens is 278 g/mol. The predicted octanol–water partition coefficient (Wildman–Crippen LogP) is 2.60. The fourth-order valence-electron chi connectivity index (χ4n) is 1.85. The first-order chi connectivity index (χ1) is 9.51. The minimum Gasteiger partial charge on any atom is -0.494 e. The lowest BCUT2D eigenvalue weighted by Gasteiger charge is -2.18. The van der Waals surface area contributed by atoms with E-state index in [4.69, 9.17) is 22.1 Å². The number of halogens is 1. The van der Waals surface area contributed by atoms with Gasteiger partial charge in [0, 0.05) is 19.0 Å². The molecule has 0 heterocycles. The van der Waals surface area contributed by atoms with Gasteiger partial charge in [-0.3, -0.25) is 4.79 Å². The van der Waals surface area contributed by atoms with E-state index >= 15 is 0 Å². The predicted molar refractivity (Wildman–Crippen MR) is 83.5 cm³/mol. The van der Waals surface area contributed by atoms with Crippen LogP contribution in [0.4, 0.5) is 11.4 Å². The quantitative estimate of drug-likeness (QED) is 0.760. The number of ether oxygens (including phenoxy) is 1. The lowest BCUT2D eigenvalue weighted by atomic mass is 10.2. The third kappa shape index (κ3) is 4.58. The third-order valence-electron chi connectivity index (χ3n) is 3.14. The summed E-state index contributed by atoms with van der Waals surface area (Å²) in [5, 5.41) is 3.20. The van der Waals surface area contributed by atoms with E-state index < -0.39 is 0 Å². The second-order valence-electron chi connectivity index (χ2n) is 4.40. The number of methoxy groups -OCH3 is 1. The van der Waals surface area contributed by atoms with Crippen molar-refractivity contribution in [3.63, 3.8) is 0 Å². The summed E-state index contributed by atoms with van der Waals surface area (Å²) in [6.07, 6.45) is 0.423. The molecule has 0 bridgehead atoms. The SMILES string of the molecule is CCN(CC)CCC(=O)Nc1cc(Cl)c(N)cc1OC. The van der Waals surface area contributed by atoms with Crippen molar-refractivity contribution < 1.29 is 9.53 Å². The molecule has 5 nitrogen and oxygen atoms in total. The minimum absolute atomic E-state index is 0.0731. The van der Waals surface area contributed by atoms with Gasteiger partial charge in [-0.25, -0.2) is 0 Å². The van der Waals surface area contributed by atoms with Crippen LogP contribution in [-0.4, -0.2) is 37.6 Å². The monoisotopic (exact) mass is 299 g/mol. The Labute approximate surface area is 125 Å². The molecule has 1 aromatic carbocycles. The van der Waals surface area contributed by atoms with Crippen molar-refractivity contribution in [3.05, 3.63) is 17.2 Å². The zero-order valence-corrected chi connectivity index (χ0v) is 13.0. The number of nitrogens with two attached hydrogens (primary N) is 1. The van der Waals surface area contributed by atoms with Gasteiger partial charge in [0.1, 0.15) is 5.75 Å². The fraction of sp³-hybridized carbons (Fsp3) is 0.500. The molecule has 3 N–H and O–H groups in total. The van der Waals surface area contributed by atoms with E-state index in [2.05, 4.69) is 24.1 Å². The van der Waals surface area contributed by atoms with Crippen molar-refractivity contribution in [1.82, 2.24) is 4.90 Å². The molecule has 0 saturated heterocycles. The highest BCUT2D eigenvalue weighted by Crippen LogP contribution is 2.32. The van der Waals surface area contributed by atoms with Crippen LogP contribution in [0.3, 0.4) is 0 Å². The average molecular weight is 300 g/mol. The number of nitrogens with zero attached hydrogens (tertiary/aromatic N) is 1. The molecule has 112 valence electrons. The van der Waals surface area contributed by atoms with Crippen molar-refractivity contribution in [2.24, 2.45) is 0 Å². The molecular formula is C14H22ClN3O2. The van der Waals surface area contributed by atoms with Gasteiger partial charge in [-0.1, -0.05) is 25.4 Å². The molecule has 0 aliphatic carbocycles. The number of hydrogen-bond donors (Lipinski definition) is 2.